The predicted molar refractivity (Wildman–Crippen MR) is 125 cm³/mol. The van der Waals surface area contributed by atoms with Gasteiger partial charge in [0.05, 0.1) is 6.42 Å². The van der Waals surface area contributed by atoms with E-state index >= 15 is 0 Å². The largest absolute Gasteiger partial charge is 0.365 e. The van der Waals surface area contributed by atoms with Crippen LogP contribution in [0.1, 0.15) is 143 Å². The Morgan fingerprint density at radius 2 is 1.00 bits per heavy atom. The summed E-state index contributed by atoms with van der Waals surface area (Å²) < 4.78 is 0. The lowest BCUT2D eigenvalue weighted by atomic mass is 9.93. The van der Waals surface area contributed by atoms with Crippen LogP contribution in [-0.4, -0.2) is 17.7 Å². The SMILES string of the molecule is CCCCCCCCCC(=O)OOC(=O)C(CCCCCC)C(=O)CCCCCCC. The highest BCUT2D eigenvalue weighted by atomic mass is 17.2. The van der Waals surface area contributed by atoms with Gasteiger partial charge in [-0.15, -0.1) is 0 Å². The number of carbonyl (C=O) groups excluding carboxylic acids is 3. The van der Waals surface area contributed by atoms with Crippen LogP contribution in [0.4, 0.5) is 0 Å². The van der Waals surface area contributed by atoms with E-state index in [1.54, 1.807) is 0 Å². The fourth-order valence-electron chi connectivity index (χ4n) is 3.68. The fourth-order valence-corrected chi connectivity index (χ4v) is 3.68. The molecular weight excluding hydrogens is 392 g/mol. The Balaban J connectivity index is 4.28. The van der Waals surface area contributed by atoms with E-state index < -0.39 is 17.9 Å². The molecule has 0 aliphatic heterocycles. The Bertz CT molecular complexity index is 461. The first kappa shape index (κ1) is 29.6. The zero-order valence-electron chi connectivity index (χ0n) is 20.6. The third kappa shape index (κ3) is 17.9. The Morgan fingerprint density at radius 1 is 0.548 bits per heavy atom. The number of rotatable bonds is 21. The monoisotopic (exact) mass is 440 g/mol. The molecule has 0 radical (unpaired) electrons. The van der Waals surface area contributed by atoms with Crippen molar-refractivity contribution < 1.29 is 24.2 Å². The van der Waals surface area contributed by atoms with Gasteiger partial charge in [-0.3, -0.25) is 4.79 Å². The van der Waals surface area contributed by atoms with Crippen molar-refractivity contribution >= 4 is 17.7 Å². The second kappa shape index (κ2) is 21.8. The van der Waals surface area contributed by atoms with Crippen molar-refractivity contribution in [3.8, 4) is 0 Å². The van der Waals surface area contributed by atoms with Crippen molar-refractivity contribution in [2.45, 2.75) is 143 Å². The molecule has 0 aromatic carbocycles. The van der Waals surface area contributed by atoms with Gasteiger partial charge < -0.3 is 0 Å². The molecule has 5 nitrogen and oxygen atoms in total. The maximum Gasteiger partial charge on any atom is 0.365 e. The molecule has 31 heavy (non-hydrogen) atoms. The zero-order valence-corrected chi connectivity index (χ0v) is 20.6. The van der Waals surface area contributed by atoms with Crippen LogP contribution >= 0.6 is 0 Å². The third-order valence-corrected chi connectivity index (χ3v) is 5.75. The Kier molecular flexibility index (Phi) is 20.8. The molecule has 0 N–H and O–H groups in total. The van der Waals surface area contributed by atoms with Crippen LogP contribution in [0.15, 0.2) is 0 Å². The second-order valence-corrected chi connectivity index (χ2v) is 8.76. The number of hydrogen-bond acceptors (Lipinski definition) is 5. The minimum atomic E-state index is -0.811. The van der Waals surface area contributed by atoms with E-state index in [0.29, 0.717) is 12.8 Å². The molecule has 0 aliphatic carbocycles. The predicted octanol–water partition coefficient (Wildman–Crippen LogP) is 7.64. The van der Waals surface area contributed by atoms with Crippen molar-refractivity contribution in [3.63, 3.8) is 0 Å². The minimum Gasteiger partial charge on any atom is -0.299 e. The van der Waals surface area contributed by atoms with Gasteiger partial charge in [-0.2, -0.15) is 0 Å². The van der Waals surface area contributed by atoms with Crippen LogP contribution in [0.3, 0.4) is 0 Å². The van der Waals surface area contributed by atoms with Crippen molar-refractivity contribution in [2.24, 2.45) is 5.92 Å². The van der Waals surface area contributed by atoms with Crippen molar-refractivity contribution in [1.29, 1.82) is 0 Å². The molecule has 0 rings (SSSR count). The summed E-state index contributed by atoms with van der Waals surface area (Å²) in [5.41, 5.74) is 0. The smallest absolute Gasteiger partial charge is 0.299 e. The molecule has 0 aromatic heterocycles. The lowest BCUT2D eigenvalue weighted by Gasteiger charge is -2.14. The number of ketones is 1. The lowest BCUT2D eigenvalue weighted by Crippen LogP contribution is -2.27. The van der Waals surface area contributed by atoms with Gasteiger partial charge in [-0.05, 0) is 19.3 Å². The molecule has 0 fully saturated rings. The van der Waals surface area contributed by atoms with E-state index in [1.165, 1.54) is 32.1 Å². The van der Waals surface area contributed by atoms with E-state index in [0.717, 1.165) is 70.6 Å². The van der Waals surface area contributed by atoms with Gasteiger partial charge in [0, 0.05) is 6.42 Å². The van der Waals surface area contributed by atoms with Crippen LogP contribution in [0.5, 0.6) is 0 Å². The van der Waals surface area contributed by atoms with Gasteiger partial charge in [-0.1, -0.05) is 111 Å². The second-order valence-electron chi connectivity index (χ2n) is 8.76. The summed E-state index contributed by atoms with van der Waals surface area (Å²) in [5, 5.41) is 0. The normalized spacial score (nSPS) is 11.8. The number of unbranched alkanes of at least 4 members (excludes halogenated alkanes) is 13. The fraction of sp³-hybridized carbons (Fsp3) is 0.885. The molecule has 5 heteroatoms. The summed E-state index contributed by atoms with van der Waals surface area (Å²) in [6.07, 6.45) is 18.1. The molecule has 0 aromatic rings. The lowest BCUT2D eigenvalue weighted by molar-refractivity contribution is -0.262. The molecule has 0 spiro atoms. The van der Waals surface area contributed by atoms with E-state index in [2.05, 4.69) is 20.8 Å². The van der Waals surface area contributed by atoms with Crippen molar-refractivity contribution in [1.82, 2.24) is 0 Å². The maximum absolute atomic E-state index is 12.6. The number of hydrogen-bond donors (Lipinski definition) is 0. The van der Waals surface area contributed by atoms with Gasteiger partial charge in [0.2, 0.25) is 0 Å². The molecule has 0 aliphatic rings. The van der Waals surface area contributed by atoms with E-state index in [-0.39, 0.29) is 12.2 Å². The first-order valence-electron chi connectivity index (χ1n) is 13.0. The highest BCUT2D eigenvalue weighted by Crippen LogP contribution is 2.18. The van der Waals surface area contributed by atoms with E-state index in [1.807, 2.05) is 0 Å². The molecule has 0 amide bonds. The first-order valence-corrected chi connectivity index (χ1v) is 13.0. The molecule has 0 heterocycles. The summed E-state index contributed by atoms with van der Waals surface area (Å²) in [5.74, 6) is -2.13. The van der Waals surface area contributed by atoms with Gasteiger partial charge >= 0.3 is 11.9 Å². The molecular formula is C26H48O5. The molecule has 0 saturated heterocycles. The average Bonchev–Trinajstić information content (AvgIpc) is 2.76. The summed E-state index contributed by atoms with van der Waals surface area (Å²) in [6, 6.07) is 0. The van der Waals surface area contributed by atoms with Crippen LogP contribution < -0.4 is 0 Å². The van der Waals surface area contributed by atoms with Crippen LogP contribution in [0.25, 0.3) is 0 Å². The highest BCUT2D eigenvalue weighted by Gasteiger charge is 2.29. The summed E-state index contributed by atoms with van der Waals surface area (Å²) in [4.78, 5) is 46.4. The standard InChI is InChI=1S/C26H48O5/c1-4-7-10-13-14-16-19-22-25(28)30-31-26(29)23(20-17-12-9-6-3)24(27)21-18-15-11-8-5-2/h23H,4-22H2,1-3H3. The Labute approximate surface area is 191 Å². The number of carbonyl (C=O) groups is 3. The Morgan fingerprint density at radius 3 is 1.55 bits per heavy atom. The van der Waals surface area contributed by atoms with Crippen LogP contribution in [0.2, 0.25) is 0 Å². The molecule has 1 atom stereocenters. The highest BCUT2D eigenvalue weighted by molar-refractivity contribution is 5.98. The maximum atomic E-state index is 12.6. The van der Waals surface area contributed by atoms with Crippen LogP contribution in [0, 0.1) is 5.92 Å². The van der Waals surface area contributed by atoms with Gasteiger partial charge in [-0.25, -0.2) is 19.4 Å². The number of Topliss-reactive ketones (excluding diaryl/α,β-unsaturated/α-hetero) is 1. The van der Waals surface area contributed by atoms with Crippen molar-refractivity contribution in [3.05, 3.63) is 0 Å². The first-order chi connectivity index (χ1) is 15.1. The molecule has 0 bridgehead atoms. The van der Waals surface area contributed by atoms with Crippen LogP contribution in [-0.2, 0) is 24.2 Å². The molecule has 1 unspecified atom stereocenters. The third-order valence-electron chi connectivity index (χ3n) is 5.75. The quantitative estimate of drug-likeness (QED) is 0.0793. The average molecular weight is 441 g/mol. The topological polar surface area (TPSA) is 69.7 Å². The van der Waals surface area contributed by atoms with Gasteiger partial charge in [0.15, 0.2) is 0 Å². The van der Waals surface area contributed by atoms with Gasteiger partial charge in [0.1, 0.15) is 11.7 Å². The minimum absolute atomic E-state index is 0.0823. The van der Waals surface area contributed by atoms with Crippen molar-refractivity contribution in [2.75, 3.05) is 0 Å². The Hall–Kier alpha value is -1.39. The van der Waals surface area contributed by atoms with E-state index in [9.17, 15) is 14.4 Å². The summed E-state index contributed by atoms with van der Waals surface area (Å²) in [6.45, 7) is 6.47. The molecule has 182 valence electrons. The zero-order chi connectivity index (χ0) is 23.2. The summed E-state index contributed by atoms with van der Waals surface area (Å²) in [7, 11) is 0. The molecule has 0 saturated carbocycles. The summed E-state index contributed by atoms with van der Waals surface area (Å²) >= 11 is 0. The van der Waals surface area contributed by atoms with E-state index in [4.69, 9.17) is 9.78 Å². The van der Waals surface area contributed by atoms with Gasteiger partial charge in [0.25, 0.3) is 0 Å².